The Morgan fingerprint density at radius 3 is 2.59 bits per heavy atom. The molecule has 3 aliphatic carbocycles. The third-order valence-electron chi connectivity index (χ3n) is 7.31. The van der Waals surface area contributed by atoms with Gasteiger partial charge in [0.15, 0.2) is 0 Å². The Morgan fingerprint density at radius 2 is 1.93 bits per heavy atom. The van der Waals surface area contributed by atoms with Crippen LogP contribution in [0, 0.1) is 18.3 Å². The Bertz CT molecular complexity index is 753. The van der Waals surface area contributed by atoms with Crippen molar-refractivity contribution in [3.05, 3.63) is 29.3 Å². The highest BCUT2D eigenvalue weighted by atomic mass is 16.5. The van der Waals surface area contributed by atoms with Gasteiger partial charge in [0, 0.05) is 24.4 Å². The lowest BCUT2D eigenvalue weighted by molar-refractivity contribution is -0.161. The standard InChI is InChI=1S/C23H31NO3/c1-15-3-6-18(9-20(15)16-4-5-16)27-19-7-8-23(12-19)13-24(14-23)21(25)17-10-22(2,26)11-17/h3,6,9,16-17,19,26H,4-5,7-8,10-14H2,1-2H3. The lowest BCUT2D eigenvalue weighted by atomic mass is 9.70. The van der Waals surface area contributed by atoms with E-state index >= 15 is 0 Å². The van der Waals surface area contributed by atoms with Crippen LogP contribution < -0.4 is 4.74 Å². The Balaban J connectivity index is 1.15. The Labute approximate surface area is 161 Å². The molecule has 4 fully saturated rings. The molecule has 4 aliphatic rings. The summed E-state index contributed by atoms with van der Waals surface area (Å²) in [7, 11) is 0. The number of hydrogen-bond donors (Lipinski definition) is 1. The van der Waals surface area contributed by atoms with Gasteiger partial charge < -0.3 is 14.7 Å². The lowest BCUT2D eigenvalue weighted by Crippen LogP contribution is -2.61. The van der Waals surface area contributed by atoms with E-state index in [0.717, 1.165) is 44.0 Å². The number of aryl methyl sites for hydroxylation is 1. The summed E-state index contributed by atoms with van der Waals surface area (Å²) in [5, 5.41) is 9.87. The molecule has 3 saturated carbocycles. The van der Waals surface area contributed by atoms with E-state index in [1.54, 1.807) is 0 Å². The summed E-state index contributed by atoms with van der Waals surface area (Å²) in [5.74, 6) is 2.07. The summed E-state index contributed by atoms with van der Waals surface area (Å²) in [5.41, 5.74) is 2.51. The highest BCUT2D eigenvalue weighted by molar-refractivity contribution is 5.81. The zero-order valence-electron chi connectivity index (χ0n) is 16.5. The fraction of sp³-hybridized carbons (Fsp3) is 0.696. The maximum Gasteiger partial charge on any atom is 0.225 e. The number of carbonyl (C=O) groups excluding carboxylic acids is 1. The molecule has 0 radical (unpaired) electrons. The maximum absolute atomic E-state index is 12.5. The van der Waals surface area contributed by atoms with Gasteiger partial charge in [0.2, 0.25) is 5.91 Å². The van der Waals surface area contributed by atoms with Crippen LogP contribution in [0.2, 0.25) is 0 Å². The minimum absolute atomic E-state index is 0.0409. The van der Waals surface area contributed by atoms with Crippen LogP contribution in [-0.4, -0.2) is 40.7 Å². The molecule has 1 aromatic carbocycles. The molecular formula is C23H31NO3. The van der Waals surface area contributed by atoms with E-state index in [1.807, 2.05) is 11.8 Å². The normalized spacial score (nSPS) is 34.3. The SMILES string of the molecule is Cc1ccc(OC2CCC3(C2)CN(C(=O)C2CC(C)(O)C2)C3)cc1C1CC1. The molecule has 0 bridgehead atoms. The number of hydrogen-bond acceptors (Lipinski definition) is 3. The van der Waals surface area contributed by atoms with Gasteiger partial charge in [-0.05, 0) is 88.0 Å². The van der Waals surface area contributed by atoms with E-state index < -0.39 is 5.60 Å². The largest absolute Gasteiger partial charge is 0.490 e. The average Bonchev–Trinajstić information content (AvgIpc) is 3.32. The van der Waals surface area contributed by atoms with Gasteiger partial charge in [0.25, 0.3) is 0 Å². The van der Waals surface area contributed by atoms with Crippen molar-refractivity contribution in [3.63, 3.8) is 0 Å². The van der Waals surface area contributed by atoms with Gasteiger partial charge in [-0.2, -0.15) is 0 Å². The fourth-order valence-electron chi connectivity index (χ4n) is 5.61. The van der Waals surface area contributed by atoms with E-state index in [0.29, 0.717) is 12.8 Å². The Morgan fingerprint density at radius 1 is 1.19 bits per heavy atom. The molecule has 1 spiro atoms. The highest BCUT2D eigenvalue weighted by Gasteiger charge is 2.53. The van der Waals surface area contributed by atoms with Crippen molar-refractivity contribution in [2.45, 2.75) is 76.4 Å². The third-order valence-corrected chi connectivity index (χ3v) is 7.31. The summed E-state index contributed by atoms with van der Waals surface area (Å²) in [4.78, 5) is 14.5. The zero-order chi connectivity index (χ0) is 18.8. The first-order valence-electron chi connectivity index (χ1n) is 10.6. The van der Waals surface area contributed by atoms with Gasteiger partial charge >= 0.3 is 0 Å². The molecule has 5 rings (SSSR count). The maximum atomic E-state index is 12.5. The van der Waals surface area contributed by atoms with Crippen molar-refractivity contribution in [2.75, 3.05) is 13.1 Å². The number of rotatable bonds is 4. The van der Waals surface area contributed by atoms with Crippen LogP contribution in [0.5, 0.6) is 5.75 Å². The average molecular weight is 370 g/mol. The molecule has 1 aliphatic heterocycles. The number of likely N-dealkylation sites (tertiary alicyclic amines) is 1. The molecule has 1 N–H and O–H groups in total. The van der Waals surface area contributed by atoms with Crippen LogP contribution in [0.4, 0.5) is 0 Å². The van der Waals surface area contributed by atoms with Gasteiger partial charge in [0.1, 0.15) is 5.75 Å². The van der Waals surface area contributed by atoms with E-state index in [4.69, 9.17) is 4.74 Å². The van der Waals surface area contributed by atoms with E-state index in [2.05, 4.69) is 25.1 Å². The number of nitrogens with zero attached hydrogens (tertiary/aromatic N) is 1. The second-order valence-corrected chi connectivity index (χ2v) is 10.1. The smallest absolute Gasteiger partial charge is 0.225 e. The molecule has 1 atom stereocenters. The minimum atomic E-state index is -0.622. The van der Waals surface area contributed by atoms with Gasteiger partial charge in [0.05, 0.1) is 11.7 Å². The first kappa shape index (κ1) is 17.5. The van der Waals surface area contributed by atoms with Crippen molar-refractivity contribution >= 4 is 5.91 Å². The highest BCUT2D eigenvalue weighted by Crippen LogP contribution is 2.49. The molecule has 1 heterocycles. The van der Waals surface area contributed by atoms with E-state index in [9.17, 15) is 9.90 Å². The quantitative estimate of drug-likeness (QED) is 0.878. The summed E-state index contributed by atoms with van der Waals surface area (Å²) >= 11 is 0. The van der Waals surface area contributed by atoms with Crippen LogP contribution in [-0.2, 0) is 4.79 Å². The predicted molar refractivity (Wildman–Crippen MR) is 104 cm³/mol. The second kappa shape index (κ2) is 5.97. The number of aliphatic hydroxyl groups is 1. The lowest BCUT2D eigenvalue weighted by Gasteiger charge is -2.51. The molecule has 1 saturated heterocycles. The monoisotopic (exact) mass is 369 g/mol. The van der Waals surface area contributed by atoms with Crippen LogP contribution in [0.15, 0.2) is 18.2 Å². The molecule has 1 aromatic rings. The molecule has 146 valence electrons. The summed E-state index contributed by atoms with van der Waals surface area (Å²) < 4.78 is 6.35. The van der Waals surface area contributed by atoms with Crippen LogP contribution in [0.1, 0.15) is 68.9 Å². The van der Waals surface area contributed by atoms with Crippen molar-refractivity contribution in [1.29, 1.82) is 0 Å². The fourth-order valence-corrected chi connectivity index (χ4v) is 5.61. The number of amides is 1. The summed E-state index contributed by atoms with van der Waals surface area (Å²) in [6.07, 6.45) is 7.47. The van der Waals surface area contributed by atoms with Gasteiger partial charge in [-0.25, -0.2) is 0 Å². The van der Waals surface area contributed by atoms with Crippen LogP contribution >= 0.6 is 0 Å². The van der Waals surface area contributed by atoms with E-state index in [1.165, 1.54) is 24.0 Å². The van der Waals surface area contributed by atoms with Crippen molar-refractivity contribution < 1.29 is 14.6 Å². The molecule has 1 unspecified atom stereocenters. The third kappa shape index (κ3) is 3.26. The van der Waals surface area contributed by atoms with Crippen molar-refractivity contribution in [1.82, 2.24) is 4.90 Å². The van der Waals surface area contributed by atoms with Crippen LogP contribution in [0.3, 0.4) is 0 Å². The first-order chi connectivity index (χ1) is 12.8. The molecule has 4 nitrogen and oxygen atoms in total. The Kier molecular flexibility index (Phi) is 3.88. The molecular weight excluding hydrogens is 338 g/mol. The Hall–Kier alpha value is -1.55. The number of ether oxygens (including phenoxy) is 1. The topological polar surface area (TPSA) is 49.8 Å². The van der Waals surface area contributed by atoms with E-state index in [-0.39, 0.29) is 23.3 Å². The summed E-state index contributed by atoms with van der Waals surface area (Å²) in [6.45, 7) is 5.79. The second-order valence-electron chi connectivity index (χ2n) is 10.1. The first-order valence-corrected chi connectivity index (χ1v) is 10.6. The molecule has 1 amide bonds. The molecule has 0 aromatic heterocycles. The molecule has 27 heavy (non-hydrogen) atoms. The van der Waals surface area contributed by atoms with Crippen LogP contribution in [0.25, 0.3) is 0 Å². The summed E-state index contributed by atoms with van der Waals surface area (Å²) in [6, 6.07) is 6.58. The number of benzene rings is 1. The van der Waals surface area contributed by atoms with Gasteiger partial charge in [-0.1, -0.05) is 6.07 Å². The predicted octanol–water partition coefficient (Wildman–Crippen LogP) is 3.79. The van der Waals surface area contributed by atoms with Gasteiger partial charge in [-0.15, -0.1) is 0 Å². The number of carbonyl (C=O) groups is 1. The van der Waals surface area contributed by atoms with Crippen molar-refractivity contribution in [3.8, 4) is 5.75 Å². The minimum Gasteiger partial charge on any atom is -0.490 e. The van der Waals surface area contributed by atoms with Gasteiger partial charge in [-0.3, -0.25) is 4.79 Å². The van der Waals surface area contributed by atoms with Crippen molar-refractivity contribution in [2.24, 2.45) is 11.3 Å². The zero-order valence-corrected chi connectivity index (χ0v) is 16.5. The molecule has 4 heteroatoms.